The topological polar surface area (TPSA) is 72.0 Å². The van der Waals surface area contributed by atoms with Crippen molar-refractivity contribution in [2.75, 3.05) is 4.72 Å². The van der Waals surface area contributed by atoms with Crippen molar-refractivity contribution in [1.82, 2.24) is 9.97 Å². The summed E-state index contributed by atoms with van der Waals surface area (Å²) in [5, 5.41) is 0.125. The second-order valence-electron chi connectivity index (χ2n) is 4.00. The van der Waals surface area contributed by atoms with Gasteiger partial charge in [0.05, 0.1) is 16.4 Å². The fraction of sp³-hybridized carbons (Fsp3) is 0.167. The molecule has 0 saturated carbocycles. The van der Waals surface area contributed by atoms with Gasteiger partial charge in [-0.15, -0.1) is 0 Å². The van der Waals surface area contributed by atoms with Crippen molar-refractivity contribution >= 4 is 27.3 Å². The predicted octanol–water partition coefficient (Wildman–Crippen LogP) is 2.55. The number of pyridine rings is 2. The molecule has 0 aliphatic heterocycles. The van der Waals surface area contributed by atoms with E-state index in [4.69, 9.17) is 11.6 Å². The summed E-state index contributed by atoms with van der Waals surface area (Å²) in [6.07, 6.45) is 2.64. The summed E-state index contributed by atoms with van der Waals surface area (Å²) in [6, 6.07) is 4.82. The van der Waals surface area contributed by atoms with E-state index in [9.17, 15) is 8.42 Å². The van der Waals surface area contributed by atoms with E-state index in [1.807, 2.05) is 6.92 Å². The quantitative estimate of drug-likeness (QED) is 0.945. The van der Waals surface area contributed by atoms with E-state index in [0.717, 1.165) is 5.69 Å². The van der Waals surface area contributed by atoms with Gasteiger partial charge in [-0.2, -0.15) is 0 Å². The molecule has 0 aromatic carbocycles. The summed E-state index contributed by atoms with van der Waals surface area (Å²) >= 11 is 5.87. The van der Waals surface area contributed by atoms with Crippen LogP contribution in [-0.4, -0.2) is 18.4 Å². The maximum absolute atomic E-state index is 12.2. The van der Waals surface area contributed by atoms with Crippen LogP contribution in [0, 0.1) is 13.8 Å². The molecule has 5 nitrogen and oxygen atoms in total. The van der Waals surface area contributed by atoms with Crippen LogP contribution in [0.15, 0.2) is 35.5 Å². The second-order valence-corrected chi connectivity index (χ2v) is 6.06. The zero-order valence-corrected chi connectivity index (χ0v) is 12.0. The van der Waals surface area contributed by atoms with Crippen molar-refractivity contribution < 1.29 is 8.42 Å². The van der Waals surface area contributed by atoms with Crippen LogP contribution in [0.5, 0.6) is 0 Å². The molecule has 0 unspecified atom stereocenters. The highest BCUT2D eigenvalue weighted by molar-refractivity contribution is 7.92. The van der Waals surface area contributed by atoms with Crippen molar-refractivity contribution in [2.24, 2.45) is 0 Å². The molecular weight excluding hydrogens is 286 g/mol. The molecular formula is C12H12ClN3O2S. The molecule has 2 aromatic rings. The minimum atomic E-state index is -3.76. The number of hydrogen-bond donors (Lipinski definition) is 1. The average molecular weight is 298 g/mol. The first-order valence-electron chi connectivity index (χ1n) is 5.47. The Morgan fingerprint density at radius 3 is 2.58 bits per heavy atom. The van der Waals surface area contributed by atoms with E-state index in [-0.39, 0.29) is 9.92 Å². The average Bonchev–Trinajstić information content (AvgIpc) is 2.33. The van der Waals surface area contributed by atoms with Gasteiger partial charge in [-0.05, 0) is 32.0 Å². The Bertz CT molecular complexity index is 717. The van der Waals surface area contributed by atoms with Gasteiger partial charge in [0.15, 0.2) is 0 Å². The molecule has 0 amide bonds. The van der Waals surface area contributed by atoms with Crippen LogP contribution in [0.25, 0.3) is 0 Å². The van der Waals surface area contributed by atoms with Crippen molar-refractivity contribution in [1.29, 1.82) is 0 Å². The van der Waals surface area contributed by atoms with Crippen LogP contribution in [0.2, 0.25) is 5.02 Å². The molecule has 0 radical (unpaired) electrons. The van der Waals surface area contributed by atoms with Crippen LogP contribution in [0.3, 0.4) is 0 Å². The highest BCUT2D eigenvalue weighted by Crippen LogP contribution is 2.23. The van der Waals surface area contributed by atoms with Gasteiger partial charge in [-0.3, -0.25) is 14.7 Å². The Hall–Kier alpha value is -1.66. The molecule has 100 valence electrons. The Morgan fingerprint density at radius 2 is 1.95 bits per heavy atom. The number of halogens is 1. The van der Waals surface area contributed by atoms with Crippen LogP contribution in [0.1, 0.15) is 11.4 Å². The first-order chi connectivity index (χ1) is 8.90. The summed E-state index contributed by atoms with van der Waals surface area (Å²) in [5.41, 5.74) is 1.84. The second kappa shape index (κ2) is 5.14. The van der Waals surface area contributed by atoms with E-state index in [2.05, 4.69) is 14.7 Å². The molecule has 0 spiro atoms. The van der Waals surface area contributed by atoms with Gasteiger partial charge in [0.1, 0.15) is 4.90 Å². The Morgan fingerprint density at radius 1 is 1.21 bits per heavy atom. The van der Waals surface area contributed by atoms with Crippen molar-refractivity contribution in [2.45, 2.75) is 18.7 Å². The third-order valence-corrected chi connectivity index (χ3v) is 4.33. The maximum Gasteiger partial charge on any atom is 0.264 e. The lowest BCUT2D eigenvalue weighted by Gasteiger charge is -2.11. The van der Waals surface area contributed by atoms with Crippen LogP contribution < -0.4 is 4.72 Å². The maximum atomic E-state index is 12.2. The standard InChI is InChI=1S/C12H12ClN3O2S/c1-8-3-4-11(9(2)15-8)16-19(17,18)12-7-14-6-5-10(12)13/h3-7,16H,1-2H3. The van der Waals surface area contributed by atoms with Gasteiger partial charge in [-0.1, -0.05) is 11.6 Å². The summed E-state index contributed by atoms with van der Waals surface area (Å²) in [6.45, 7) is 3.57. The van der Waals surface area contributed by atoms with Gasteiger partial charge in [0.25, 0.3) is 10.0 Å². The molecule has 2 heterocycles. The normalized spacial score (nSPS) is 11.3. The molecule has 0 aliphatic carbocycles. The number of aromatic nitrogens is 2. The van der Waals surface area contributed by atoms with Crippen molar-refractivity contribution in [3.63, 3.8) is 0 Å². The number of aryl methyl sites for hydroxylation is 2. The fourth-order valence-corrected chi connectivity index (χ4v) is 3.10. The Kier molecular flexibility index (Phi) is 3.73. The zero-order valence-electron chi connectivity index (χ0n) is 10.4. The van der Waals surface area contributed by atoms with E-state index in [1.54, 1.807) is 19.1 Å². The molecule has 2 aromatic heterocycles. The highest BCUT2D eigenvalue weighted by atomic mass is 35.5. The predicted molar refractivity (Wildman–Crippen MR) is 73.8 cm³/mol. The number of hydrogen-bond acceptors (Lipinski definition) is 4. The molecule has 1 N–H and O–H groups in total. The van der Waals surface area contributed by atoms with Gasteiger partial charge >= 0.3 is 0 Å². The minimum absolute atomic E-state index is 0.0587. The Labute approximate surface area is 116 Å². The van der Waals surface area contributed by atoms with Crippen LogP contribution >= 0.6 is 11.6 Å². The first-order valence-corrected chi connectivity index (χ1v) is 7.33. The van der Waals surface area contributed by atoms with Crippen LogP contribution in [0.4, 0.5) is 5.69 Å². The number of anilines is 1. The van der Waals surface area contributed by atoms with Crippen LogP contribution in [-0.2, 0) is 10.0 Å². The monoisotopic (exact) mass is 297 g/mol. The van der Waals surface area contributed by atoms with Gasteiger partial charge in [-0.25, -0.2) is 8.42 Å². The van der Waals surface area contributed by atoms with Gasteiger partial charge < -0.3 is 0 Å². The molecule has 0 saturated heterocycles. The molecule has 0 atom stereocenters. The third-order valence-electron chi connectivity index (χ3n) is 2.49. The lowest BCUT2D eigenvalue weighted by Crippen LogP contribution is -2.15. The minimum Gasteiger partial charge on any atom is -0.278 e. The lowest BCUT2D eigenvalue weighted by molar-refractivity contribution is 0.601. The van der Waals surface area contributed by atoms with Gasteiger partial charge in [0, 0.05) is 18.1 Å². The van der Waals surface area contributed by atoms with E-state index < -0.39 is 10.0 Å². The van der Waals surface area contributed by atoms with Gasteiger partial charge in [0.2, 0.25) is 0 Å². The lowest BCUT2D eigenvalue weighted by atomic mass is 10.3. The summed E-state index contributed by atoms with van der Waals surface area (Å²) in [4.78, 5) is 7.91. The van der Waals surface area contributed by atoms with Crippen molar-refractivity contribution in [3.8, 4) is 0 Å². The number of nitrogens with one attached hydrogen (secondary N) is 1. The number of nitrogens with zero attached hydrogens (tertiary/aromatic N) is 2. The van der Waals surface area contributed by atoms with E-state index in [0.29, 0.717) is 11.4 Å². The molecule has 7 heteroatoms. The number of sulfonamides is 1. The van der Waals surface area contributed by atoms with Crippen molar-refractivity contribution in [3.05, 3.63) is 47.0 Å². The summed E-state index contributed by atoms with van der Waals surface area (Å²) in [7, 11) is -3.76. The SMILES string of the molecule is Cc1ccc(NS(=O)(=O)c2cnccc2Cl)c(C)n1. The molecule has 0 aliphatic rings. The fourth-order valence-electron chi connectivity index (χ4n) is 1.55. The van der Waals surface area contributed by atoms with E-state index in [1.165, 1.54) is 18.5 Å². The van der Waals surface area contributed by atoms with E-state index >= 15 is 0 Å². The molecule has 19 heavy (non-hydrogen) atoms. The number of rotatable bonds is 3. The first kappa shape index (κ1) is 13.8. The summed E-state index contributed by atoms with van der Waals surface area (Å²) < 4.78 is 26.8. The Balaban J connectivity index is 2.40. The molecule has 0 bridgehead atoms. The molecule has 2 rings (SSSR count). The zero-order chi connectivity index (χ0) is 14.0. The smallest absolute Gasteiger partial charge is 0.264 e. The molecule has 0 fully saturated rings. The highest BCUT2D eigenvalue weighted by Gasteiger charge is 2.19. The third kappa shape index (κ3) is 3.02. The summed E-state index contributed by atoms with van der Waals surface area (Å²) in [5.74, 6) is 0. The largest absolute Gasteiger partial charge is 0.278 e.